The normalized spacial score (nSPS) is 11.7. The summed E-state index contributed by atoms with van der Waals surface area (Å²) in [4.78, 5) is 31.8. The number of nitrogens with one attached hydrogen (secondary N) is 1. The van der Waals surface area contributed by atoms with E-state index in [2.05, 4.69) is 15.3 Å². The van der Waals surface area contributed by atoms with E-state index in [0.717, 1.165) is 4.88 Å². The number of carbonyl (C=O) groups is 2. The molecule has 7 heteroatoms. The van der Waals surface area contributed by atoms with Gasteiger partial charge in [-0.2, -0.15) is 0 Å². The van der Waals surface area contributed by atoms with Crippen LogP contribution in [0.15, 0.2) is 36.1 Å². The summed E-state index contributed by atoms with van der Waals surface area (Å²) in [7, 11) is 0. The van der Waals surface area contributed by atoms with E-state index >= 15 is 0 Å². The van der Waals surface area contributed by atoms with Crippen molar-refractivity contribution in [3.8, 4) is 0 Å². The predicted molar refractivity (Wildman–Crippen MR) is 73.2 cm³/mol. The summed E-state index contributed by atoms with van der Waals surface area (Å²) in [5.41, 5.74) is 0.0756. The maximum Gasteiger partial charge on any atom is 0.359 e. The summed E-state index contributed by atoms with van der Waals surface area (Å²) in [5, 5.41) is 4.68. The highest BCUT2D eigenvalue weighted by Crippen LogP contribution is 2.17. The summed E-state index contributed by atoms with van der Waals surface area (Å²) in [6.07, 6.45) is 4.12. The maximum absolute atomic E-state index is 11.7. The Hall–Kier alpha value is -2.28. The molecule has 0 saturated carbocycles. The summed E-state index contributed by atoms with van der Waals surface area (Å²) >= 11 is 1.55. The van der Waals surface area contributed by atoms with Crippen LogP contribution in [0.2, 0.25) is 0 Å². The Morgan fingerprint density at radius 3 is 2.95 bits per heavy atom. The van der Waals surface area contributed by atoms with Crippen LogP contribution in [0.4, 0.5) is 0 Å². The van der Waals surface area contributed by atoms with Crippen molar-refractivity contribution in [2.45, 2.75) is 13.0 Å². The van der Waals surface area contributed by atoms with E-state index in [1.54, 1.807) is 11.3 Å². The Morgan fingerprint density at radius 1 is 1.45 bits per heavy atom. The average Bonchev–Trinajstić information content (AvgIpc) is 3.00. The van der Waals surface area contributed by atoms with Crippen LogP contribution < -0.4 is 5.32 Å². The lowest BCUT2D eigenvalue weighted by atomic mass is 10.3. The molecule has 0 saturated heterocycles. The van der Waals surface area contributed by atoms with E-state index < -0.39 is 5.97 Å². The van der Waals surface area contributed by atoms with Crippen LogP contribution in [0.25, 0.3) is 0 Å². The van der Waals surface area contributed by atoms with Crippen LogP contribution in [0.5, 0.6) is 0 Å². The Bertz CT molecular complexity index is 572. The molecular formula is C13H13N3O3S. The van der Waals surface area contributed by atoms with Crippen molar-refractivity contribution in [2.24, 2.45) is 0 Å². The highest BCUT2D eigenvalue weighted by atomic mass is 32.1. The number of nitrogens with zero attached hydrogens (tertiary/aromatic N) is 2. The second kappa shape index (κ2) is 6.76. The van der Waals surface area contributed by atoms with Crippen molar-refractivity contribution in [3.05, 3.63) is 46.7 Å². The lowest BCUT2D eigenvalue weighted by Crippen LogP contribution is -2.30. The molecule has 0 fully saturated rings. The summed E-state index contributed by atoms with van der Waals surface area (Å²) < 4.78 is 4.86. The maximum atomic E-state index is 11.7. The fourth-order valence-electron chi connectivity index (χ4n) is 1.50. The number of aromatic nitrogens is 2. The molecule has 2 aromatic heterocycles. The molecule has 1 amide bonds. The van der Waals surface area contributed by atoms with Gasteiger partial charge < -0.3 is 10.1 Å². The van der Waals surface area contributed by atoms with E-state index in [-0.39, 0.29) is 24.2 Å². The first-order chi connectivity index (χ1) is 9.66. The van der Waals surface area contributed by atoms with Crippen molar-refractivity contribution in [2.75, 3.05) is 6.61 Å². The van der Waals surface area contributed by atoms with Crippen molar-refractivity contribution in [1.29, 1.82) is 0 Å². The number of hydrogen-bond acceptors (Lipinski definition) is 6. The predicted octanol–water partition coefficient (Wildman–Crippen LogP) is 1.57. The first-order valence-corrected chi connectivity index (χ1v) is 6.80. The van der Waals surface area contributed by atoms with Gasteiger partial charge in [-0.15, -0.1) is 11.3 Å². The van der Waals surface area contributed by atoms with Gasteiger partial charge in [0.1, 0.15) is 0 Å². The number of hydrogen-bond donors (Lipinski definition) is 1. The molecule has 104 valence electrons. The quantitative estimate of drug-likeness (QED) is 0.846. The Labute approximate surface area is 119 Å². The zero-order valence-electron chi connectivity index (χ0n) is 10.8. The van der Waals surface area contributed by atoms with Crippen LogP contribution in [0, 0.1) is 0 Å². The van der Waals surface area contributed by atoms with E-state index in [4.69, 9.17) is 4.74 Å². The number of rotatable bonds is 5. The molecule has 0 aromatic carbocycles. The molecule has 2 rings (SSSR count). The average molecular weight is 291 g/mol. The zero-order valence-corrected chi connectivity index (χ0v) is 11.6. The molecule has 0 aliphatic heterocycles. The highest BCUT2D eigenvalue weighted by Gasteiger charge is 2.14. The zero-order chi connectivity index (χ0) is 14.4. The van der Waals surface area contributed by atoms with Gasteiger partial charge in [-0.25, -0.2) is 9.78 Å². The number of thiophene rings is 1. The first-order valence-electron chi connectivity index (χ1n) is 5.92. The van der Waals surface area contributed by atoms with Crippen molar-refractivity contribution in [3.63, 3.8) is 0 Å². The van der Waals surface area contributed by atoms with Gasteiger partial charge in [-0.3, -0.25) is 9.78 Å². The highest BCUT2D eigenvalue weighted by molar-refractivity contribution is 7.10. The second-order valence-corrected chi connectivity index (χ2v) is 4.95. The number of amides is 1. The van der Waals surface area contributed by atoms with E-state index in [0.29, 0.717) is 0 Å². The number of ether oxygens (including phenoxy) is 1. The third-order valence-electron chi connectivity index (χ3n) is 2.45. The standard InChI is InChI=1S/C13H13N3O3S/c1-9(11-3-2-6-20-11)16-12(17)8-19-13(18)10-7-14-4-5-15-10/h2-7,9H,8H2,1H3,(H,16,17)/t9-/m0/s1. The molecule has 0 bridgehead atoms. The molecule has 6 nitrogen and oxygen atoms in total. The summed E-state index contributed by atoms with van der Waals surface area (Å²) in [6, 6.07) is 3.73. The van der Waals surface area contributed by atoms with E-state index in [1.807, 2.05) is 24.4 Å². The van der Waals surface area contributed by atoms with Gasteiger partial charge in [0, 0.05) is 17.3 Å². The van der Waals surface area contributed by atoms with Gasteiger partial charge >= 0.3 is 5.97 Å². The SMILES string of the molecule is C[C@H](NC(=O)COC(=O)c1cnccn1)c1cccs1. The monoisotopic (exact) mass is 291 g/mol. The fraction of sp³-hybridized carbons (Fsp3) is 0.231. The van der Waals surface area contributed by atoms with Crippen LogP contribution in [0.1, 0.15) is 28.3 Å². The molecule has 1 N–H and O–H groups in total. The smallest absolute Gasteiger partial charge is 0.359 e. The third kappa shape index (κ3) is 3.86. The lowest BCUT2D eigenvalue weighted by Gasteiger charge is -2.12. The minimum absolute atomic E-state index is 0.0756. The Morgan fingerprint density at radius 2 is 2.30 bits per heavy atom. The summed E-state index contributed by atoms with van der Waals surface area (Å²) in [5.74, 6) is -1.03. The van der Waals surface area contributed by atoms with Gasteiger partial charge in [0.15, 0.2) is 12.3 Å². The van der Waals surface area contributed by atoms with Gasteiger partial charge in [0.25, 0.3) is 5.91 Å². The molecule has 0 radical (unpaired) electrons. The van der Waals surface area contributed by atoms with Gasteiger partial charge in [-0.1, -0.05) is 6.07 Å². The Kier molecular flexibility index (Phi) is 4.78. The lowest BCUT2D eigenvalue weighted by molar-refractivity contribution is -0.124. The Balaban J connectivity index is 1.79. The van der Waals surface area contributed by atoms with Crippen molar-refractivity contribution < 1.29 is 14.3 Å². The van der Waals surface area contributed by atoms with Crippen LogP contribution in [-0.4, -0.2) is 28.5 Å². The molecule has 0 unspecified atom stereocenters. The largest absolute Gasteiger partial charge is 0.451 e. The molecule has 20 heavy (non-hydrogen) atoms. The van der Waals surface area contributed by atoms with Crippen molar-refractivity contribution in [1.82, 2.24) is 15.3 Å². The molecule has 1 atom stereocenters. The van der Waals surface area contributed by atoms with Crippen LogP contribution >= 0.6 is 11.3 Å². The molecule has 0 aliphatic carbocycles. The van der Waals surface area contributed by atoms with Gasteiger partial charge in [-0.05, 0) is 18.4 Å². The molecular weight excluding hydrogens is 278 g/mol. The fourth-order valence-corrected chi connectivity index (χ4v) is 2.24. The van der Waals surface area contributed by atoms with Gasteiger partial charge in [0.05, 0.1) is 12.2 Å². The second-order valence-electron chi connectivity index (χ2n) is 3.97. The first kappa shape index (κ1) is 14.1. The molecule has 0 aliphatic rings. The molecule has 0 spiro atoms. The number of esters is 1. The topological polar surface area (TPSA) is 81.2 Å². The van der Waals surface area contributed by atoms with Gasteiger partial charge in [0.2, 0.25) is 0 Å². The van der Waals surface area contributed by atoms with Crippen LogP contribution in [-0.2, 0) is 9.53 Å². The van der Waals surface area contributed by atoms with Crippen molar-refractivity contribution >= 4 is 23.2 Å². The summed E-state index contributed by atoms with van der Waals surface area (Å²) in [6.45, 7) is 1.53. The third-order valence-corrected chi connectivity index (χ3v) is 3.51. The molecule has 2 heterocycles. The number of carbonyl (C=O) groups excluding carboxylic acids is 2. The minimum Gasteiger partial charge on any atom is -0.451 e. The molecule has 2 aromatic rings. The van der Waals surface area contributed by atoms with Crippen LogP contribution in [0.3, 0.4) is 0 Å². The minimum atomic E-state index is -0.669. The van der Waals surface area contributed by atoms with E-state index in [1.165, 1.54) is 18.6 Å². The van der Waals surface area contributed by atoms with E-state index in [9.17, 15) is 9.59 Å².